The van der Waals surface area contributed by atoms with Crippen molar-refractivity contribution in [1.29, 1.82) is 0 Å². The molecule has 1 aliphatic rings. The van der Waals surface area contributed by atoms with E-state index in [1.807, 2.05) is 24.3 Å². The third kappa shape index (κ3) is 5.38. The molecule has 0 radical (unpaired) electrons. The fourth-order valence-electron chi connectivity index (χ4n) is 3.35. The van der Waals surface area contributed by atoms with Crippen molar-refractivity contribution >= 4 is 35.0 Å². The summed E-state index contributed by atoms with van der Waals surface area (Å²) in [5.74, 6) is 0.0304. The minimum absolute atomic E-state index is 0.0241. The van der Waals surface area contributed by atoms with Crippen molar-refractivity contribution in [3.63, 3.8) is 0 Å². The van der Waals surface area contributed by atoms with Gasteiger partial charge in [-0.1, -0.05) is 44.4 Å². The predicted molar refractivity (Wildman–Crippen MR) is 118 cm³/mol. The van der Waals surface area contributed by atoms with Gasteiger partial charge in [-0.2, -0.15) is 0 Å². The largest absolute Gasteiger partial charge is 0.326 e. The highest BCUT2D eigenvalue weighted by atomic mass is 32.2. The maximum absolute atomic E-state index is 14.0. The van der Waals surface area contributed by atoms with Crippen LogP contribution in [0.25, 0.3) is 0 Å². The summed E-state index contributed by atoms with van der Waals surface area (Å²) in [6.07, 6.45) is 4.81. The summed E-state index contributed by atoms with van der Waals surface area (Å²) in [5, 5.41) is 2.72. The molecule has 3 rings (SSSR count). The number of thioether (sulfide) groups is 1. The van der Waals surface area contributed by atoms with E-state index >= 15 is 0 Å². The Labute approximate surface area is 175 Å². The first kappa shape index (κ1) is 21.4. The van der Waals surface area contributed by atoms with E-state index in [1.165, 1.54) is 17.8 Å². The summed E-state index contributed by atoms with van der Waals surface area (Å²) in [5.41, 5.74) is 2.82. The molecule has 1 heterocycles. The number of nitrogens with zero attached hydrogens (tertiary/aromatic N) is 1. The smallest absolute Gasteiger partial charge is 0.238 e. The molecule has 0 unspecified atom stereocenters. The van der Waals surface area contributed by atoms with Gasteiger partial charge in [0.1, 0.15) is 11.2 Å². The number of aryl methyl sites for hydroxylation is 1. The molecule has 1 atom stereocenters. The number of carbonyl (C=O) groups excluding carboxylic acids is 2. The van der Waals surface area contributed by atoms with E-state index in [4.69, 9.17) is 0 Å². The van der Waals surface area contributed by atoms with Crippen LogP contribution in [0.1, 0.15) is 55.5 Å². The summed E-state index contributed by atoms with van der Waals surface area (Å²) in [6, 6.07) is 12.4. The Hall–Kier alpha value is -2.34. The summed E-state index contributed by atoms with van der Waals surface area (Å²) in [4.78, 5) is 26.1. The fraction of sp³-hybridized carbons (Fsp3) is 0.391. The van der Waals surface area contributed by atoms with E-state index in [0.717, 1.165) is 36.9 Å². The lowest BCUT2D eigenvalue weighted by molar-refractivity contribution is -0.116. The molecule has 0 saturated carbocycles. The number of carbonyl (C=O) groups is 2. The lowest BCUT2D eigenvalue weighted by Crippen LogP contribution is -2.28. The van der Waals surface area contributed by atoms with Gasteiger partial charge in [-0.25, -0.2) is 4.39 Å². The standard InChI is InChI=1S/C23H27FN2O2S/c1-3-4-5-6-7-21(27)25-18-11-9-17(10-12-18)23-26(22(28)15-29-23)19-13-8-16(2)20(24)14-19/h8-14,23H,3-7,15H2,1-2H3,(H,25,27)/t23-/m0/s1. The number of unbranched alkanes of at least 4 members (excludes halogenated alkanes) is 3. The zero-order chi connectivity index (χ0) is 20.8. The summed E-state index contributed by atoms with van der Waals surface area (Å²) < 4.78 is 14.0. The SMILES string of the molecule is CCCCCCC(=O)Nc1ccc([C@@H]2SCC(=O)N2c2ccc(C)c(F)c2)cc1. The van der Waals surface area contributed by atoms with Crippen LogP contribution in [-0.4, -0.2) is 17.6 Å². The van der Waals surface area contributed by atoms with Crippen molar-refractivity contribution in [2.24, 2.45) is 0 Å². The van der Waals surface area contributed by atoms with Gasteiger partial charge in [-0.05, 0) is 48.7 Å². The van der Waals surface area contributed by atoms with E-state index < -0.39 is 0 Å². The molecule has 0 aliphatic carbocycles. The van der Waals surface area contributed by atoms with Gasteiger partial charge in [0.15, 0.2) is 0 Å². The van der Waals surface area contributed by atoms with E-state index in [9.17, 15) is 14.0 Å². The first-order valence-electron chi connectivity index (χ1n) is 10.1. The van der Waals surface area contributed by atoms with Crippen LogP contribution in [0.3, 0.4) is 0 Å². The molecule has 1 fully saturated rings. The van der Waals surface area contributed by atoms with Crippen LogP contribution < -0.4 is 10.2 Å². The van der Waals surface area contributed by atoms with Crippen LogP contribution in [0, 0.1) is 12.7 Å². The number of anilines is 2. The summed E-state index contributed by atoms with van der Waals surface area (Å²) in [6.45, 7) is 3.85. The fourth-order valence-corrected chi connectivity index (χ4v) is 4.53. The van der Waals surface area contributed by atoms with Gasteiger partial charge < -0.3 is 5.32 Å². The van der Waals surface area contributed by atoms with Gasteiger partial charge in [0.05, 0.1) is 5.75 Å². The van der Waals surface area contributed by atoms with Crippen molar-refractivity contribution in [2.45, 2.75) is 51.3 Å². The zero-order valence-electron chi connectivity index (χ0n) is 16.9. The lowest BCUT2D eigenvalue weighted by Gasteiger charge is -2.25. The number of rotatable bonds is 8. The van der Waals surface area contributed by atoms with Crippen LogP contribution in [0.15, 0.2) is 42.5 Å². The second-order valence-corrected chi connectivity index (χ2v) is 8.41. The third-order valence-corrected chi connectivity index (χ3v) is 6.25. The van der Waals surface area contributed by atoms with Gasteiger partial charge >= 0.3 is 0 Å². The molecule has 4 nitrogen and oxygen atoms in total. The van der Waals surface area contributed by atoms with Crippen molar-refractivity contribution in [3.05, 3.63) is 59.4 Å². The van der Waals surface area contributed by atoms with Crippen molar-refractivity contribution < 1.29 is 14.0 Å². The number of halogens is 1. The van der Waals surface area contributed by atoms with Gasteiger partial charge in [0, 0.05) is 17.8 Å². The topological polar surface area (TPSA) is 49.4 Å². The van der Waals surface area contributed by atoms with E-state index in [-0.39, 0.29) is 23.0 Å². The molecular formula is C23H27FN2O2S. The van der Waals surface area contributed by atoms with Crippen LogP contribution in [0.2, 0.25) is 0 Å². The van der Waals surface area contributed by atoms with E-state index in [0.29, 0.717) is 23.4 Å². The third-order valence-electron chi connectivity index (χ3n) is 5.04. The molecule has 1 N–H and O–H groups in total. The highest BCUT2D eigenvalue weighted by Gasteiger charge is 2.34. The van der Waals surface area contributed by atoms with Crippen molar-refractivity contribution in [2.75, 3.05) is 16.0 Å². The molecule has 0 spiro atoms. The number of amides is 2. The van der Waals surface area contributed by atoms with Gasteiger partial charge in [0.25, 0.3) is 0 Å². The monoisotopic (exact) mass is 414 g/mol. The van der Waals surface area contributed by atoms with Gasteiger partial charge in [-0.3, -0.25) is 14.5 Å². The van der Waals surface area contributed by atoms with Gasteiger partial charge in [0.2, 0.25) is 11.8 Å². The van der Waals surface area contributed by atoms with Crippen LogP contribution in [0.4, 0.5) is 15.8 Å². The van der Waals surface area contributed by atoms with Crippen LogP contribution in [-0.2, 0) is 9.59 Å². The van der Waals surface area contributed by atoms with Crippen LogP contribution in [0.5, 0.6) is 0 Å². The quantitative estimate of drug-likeness (QED) is 0.554. The maximum Gasteiger partial charge on any atom is 0.238 e. The number of hydrogen-bond donors (Lipinski definition) is 1. The van der Waals surface area contributed by atoms with Gasteiger partial charge in [-0.15, -0.1) is 11.8 Å². The normalized spacial score (nSPS) is 16.3. The highest BCUT2D eigenvalue weighted by Crippen LogP contribution is 2.42. The molecule has 29 heavy (non-hydrogen) atoms. The molecule has 0 aromatic heterocycles. The molecular weight excluding hydrogens is 387 g/mol. The number of hydrogen-bond acceptors (Lipinski definition) is 3. The minimum Gasteiger partial charge on any atom is -0.326 e. The Morgan fingerprint density at radius 3 is 2.62 bits per heavy atom. The van der Waals surface area contributed by atoms with Crippen LogP contribution >= 0.6 is 11.8 Å². The molecule has 2 amide bonds. The Kier molecular flexibility index (Phi) is 7.31. The molecule has 1 aliphatic heterocycles. The summed E-state index contributed by atoms with van der Waals surface area (Å²) >= 11 is 1.52. The van der Waals surface area contributed by atoms with Crippen molar-refractivity contribution in [1.82, 2.24) is 0 Å². The molecule has 2 aromatic rings. The average Bonchev–Trinajstić information content (AvgIpc) is 3.09. The maximum atomic E-state index is 14.0. The van der Waals surface area contributed by atoms with Crippen molar-refractivity contribution in [3.8, 4) is 0 Å². The number of benzene rings is 2. The average molecular weight is 415 g/mol. The highest BCUT2D eigenvalue weighted by molar-refractivity contribution is 8.00. The lowest BCUT2D eigenvalue weighted by atomic mass is 10.1. The second kappa shape index (κ2) is 9.92. The molecule has 2 aromatic carbocycles. The Morgan fingerprint density at radius 1 is 1.17 bits per heavy atom. The first-order chi connectivity index (χ1) is 14.0. The van der Waals surface area contributed by atoms with E-state index in [2.05, 4.69) is 12.2 Å². The Balaban J connectivity index is 1.67. The van der Waals surface area contributed by atoms with E-state index in [1.54, 1.807) is 24.0 Å². The predicted octanol–water partition coefficient (Wildman–Crippen LogP) is 5.82. The second-order valence-electron chi connectivity index (χ2n) is 7.34. The first-order valence-corrected chi connectivity index (χ1v) is 11.1. The Bertz CT molecular complexity index is 870. The molecule has 1 saturated heterocycles. The molecule has 154 valence electrons. The number of nitrogens with one attached hydrogen (secondary N) is 1. The molecule has 6 heteroatoms. The minimum atomic E-state index is -0.317. The Morgan fingerprint density at radius 2 is 1.93 bits per heavy atom. The molecule has 0 bridgehead atoms. The summed E-state index contributed by atoms with van der Waals surface area (Å²) in [7, 11) is 0. The zero-order valence-corrected chi connectivity index (χ0v) is 17.7.